The number of nitrogens with zero attached hydrogens (tertiary/aromatic N) is 2. The standard InChI is InChI=1S/C35H29Cl2N5O4S2/c1-20(32(44)41-35-27(18-38)26-14-15-42(21(2)43)19-30(26)48-35)47-25-12-7-11-24(17-25)39-34(46)29(16-23-10-6-13-28(36)31(23)37)40-33(45)22-8-4-3-5-9-22/h3-13,16-17,20H,14-15,19H2,1-2H3,(H,39,46)(H,40,45)(H,41,44)/b29-16+. The van der Waals surface area contributed by atoms with E-state index in [0.29, 0.717) is 56.8 Å². The van der Waals surface area contributed by atoms with E-state index in [1.807, 2.05) is 6.07 Å². The number of fused-ring (bicyclic) bond motifs is 1. The van der Waals surface area contributed by atoms with Crippen molar-refractivity contribution in [3.8, 4) is 6.07 Å². The highest BCUT2D eigenvalue weighted by atomic mass is 35.5. The third-order valence-corrected chi connectivity index (χ3v) is 10.5. The van der Waals surface area contributed by atoms with Crippen molar-refractivity contribution in [2.45, 2.75) is 37.0 Å². The van der Waals surface area contributed by atoms with Gasteiger partial charge in [-0.1, -0.05) is 59.6 Å². The van der Waals surface area contributed by atoms with E-state index in [9.17, 15) is 24.4 Å². The molecule has 1 aliphatic rings. The molecule has 0 aliphatic carbocycles. The number of halogens is 2. The molecule has 9 nitrogen and oxygen atoms in total. The van der Waals surface area contributed by atoms with Gasteiger partial charge >= 0.3 is 0 Å². The van der Waals surface area contributed by atoms with Gasteiger partial charge in [-0.25, -0.2) is 0 Å². The van der Waals surface area contributed by atoms with Gasteiger partial charge in [-0.2, -0.15) is 5.26 Å². The molecule has 3 aromatic carbocycles. The lowest BCUT2D eigenvalue weighted by Crippen LogP contribution is -2.33. The van der Waals surface area contributed by atoms with Crippen LogP contribution in [0.5, 0.6) is 0 Å². The molecule has 0 saturated heterocycles. The summed E-state index contributed by atoms with van der Waals surface area (Å²) in [5.41, 5.74) is 2.50. The second-order valence-corrected chi connectivity index (χ2v) is 14.1. The summed E-state index contributed by atoms with van der Waals surface area (Å²) in [6.07, 6.45) is 2.01. The number of thioether (sulfide) groups is 1. The maximum Gasteiger partial charge on any atom is 0.272 e. The number of rotatable bonds is 9. The van der Waals surface area contributed by atoms with E-state index < -0.39 is 17.1 Å². The monoisotopic (exact) mass is 717 g/mol. The minimum Gasteiger partial charge on any atom is -0.337 e. The number of anilines is 2. The van der Waals surface area contributed by atoms with Crippen LogP contribution in [0.15, 0.2) is 83.4 Å². The minimum absolute atomic E-state index is 0.0312. The van der Waals surface area contributed by atoms with Crippen LogP contribution >= 0.6 is 46.3 Å². The zero-order valence-corrected chi connectivity index (χ0v) is 28.9. The third-order valence-electron chi connectivity index (χ3n) is 7.43. The minimum atomic E-state index is -0.600. The highest BCUT2D eigenvalue weighted by molar-refractivity contribution is 8.00. The van der Waals surface area contributed by atoms with Crippen LogP contribution in [0.4, 0.5) is 10.7 Å². The van der Waals surface area contributed by atoms with E-state index in [1.165, 1.54) is 36.1 Å². The summed E-state index contributed by atoms with van der Waals surface area (Å²) in [4.78, 5) is 55.0. The van der Waals surface area contributed by atoms with Gasteiger partial charge in [0.05, 0.1) is 27.4 Å². The number of nitrogens with one attached hydrogen (secondary N) is 3. The van der Waals surface area contributed by atoms with Gasteiger partial charge in [0.15, 0.2) is 0 Å². The fourth-order valence-corrected chi connectivity index (χ4v) is 7.43. The first kappa shape index (κ1) is 34.7. The van der Waals surface area contributed by atoms with Crippen LogP contribution in [0, 0.1) is 11.3 Å². The topological polar surface area (TPSA) is 131 Å². The molecule has 1 aromatic heterocycles. The molecule has 0 radical (unpaired) electrons. The van der Waals surface area contributed by atoms with Gasteiger partial charge in [-0.05, 0) is 66.9 Å². The van der Waals surface area contributed by atoms with Crippen molar-refractivity contribution in [2.24, 2.45) is 0 Å². The second kappa shape index (κ2) is 15.5. The van der Waals surface area contributed by atoms with Crippen LogP contribution in [0.1, 0.15) is 45.8 Å². The van der Waals surface area contributed by atoms with Crippen LogP contribution in [-0.2, 0) is 27.3 Å². The Morgan fingerprint density at radius 2 is 1.77 bits per heavy atom. The first-order chi connectivity index (χ1) is 23.0. The highest BCUT2D eigenvalue weighted by Gasteiger charge is 2.27. The Kier molecular flexibility index (Phi) is 11.2. The lowest BCUT2D eigenvalue weighted by atomic mass is 10.0. The van der Waals surface area contributed by atoms with Gasteiger partial charge in [0.25, 0.3) is 11.8 Å². The van der Waals surface area contributed by atoms with Crippen LogP contribution in [0.25, 0.3) is 6.08 Å². The molecule has 5 rings (SSSR count). The van der Waals surface area contributed by atoms with Crippen LogP contribution < -0.4 is 16.0 Å². The predicted octanol–water partition coefficient (Wildman–Crippen LogP) is 7.36. The molecular weight excluding hydrogens is 689 g/mol. The van der Waals surface area contributed by atoms with Crippen molar-refractivity contribution < 1.29 is 19.2 Å². The van der Waals surface area contributed by atoms with Gasteiger partial charge in [-0.15, -0.1) is 23.1 Å². The number of nitriles is 1. The fraction of sp³-hybridized carbons (Fsp3) is 0.171. The molecule has 48 heavy (non-hydrogen) atoms. The van der Waals surface area contributed by atoms with Crippen LogP contribution in [0.2, 0.25) is 10.0 Å². The Bertz CT molecular complexity index is 1970. The van der Waals surface area contributed by atoms with Crippen molar-refractivity contribution in [1.82, 2.24) is 10.2 Å². The summed E-state index contributed by atoms with van der Waals surface area (Å²) < 4.78 is 0. The Balaban J connectivity index is 1.29. The van der Waals surface area contributed by atoms with E-state index in [4.69, 9.17) is 23.2 Å². The number of hydrogen-bond acceptors (Lipinski definition) is 7. The first-order valence-electron chi connectivity index (χ1n) is 14.7. The normalized spacial score (nSPS) is 13.1. The summed E-state index contributed by atoms with van der Waals surface area (Å²) in [5, 5.41) is 18.7. The SMILES string of the molecule is CC(=O)N1CCc2c(sc(NC(=O)C(C)Sc3cccc(NC(=O)/C(=C\c4cccc(Cl)c4Cl)NC(=O)c4ccccc4)c3)c2C#N)C1. The van der Waals surface area contributed by atoms with Gasteiger partial charge in [0, 0.05) is 34.5 Å². The molecule has 0 saturated carbocycles. The van der Waals surface area contributed by atoms with Gasteiger partial charge in [0.1, 0.15) is 16.8 Å². The second-order valence-electron chi connectivity index (χ2n) is 10.8. The quantitative estimate of drug-likeness (QED) is 0.123. The van der Waals surface area contributed by atoms with Crippen molar-refractivity contribution in [3.63, 3.8) is 0 Å². The van der Waals surface area contributed by atoms with E-state index in [-0.39, 0.29) is 22.5 Å². The fourth-order valence-electron chi connectivity index (χ4n) is 4.93. The number of carbonyl (C=O) groups excluding carboxylic acids is 4. The highest BCUT2D eigenvalue weighted by Crippen LogP contribution is 2.37. The molecule has 0 spiro atoms. The number of amides is 4. The van der Waals surface area contributed by atoms with E-state index >= 15 is 0 Å². The summed E-state index contributed by atoms with van der Waals surface area (Å²) in [6.45, 7) is 4.21. The van der Waals surface area contributed by atoms with E-state index in [2.05, 4.69) is 22.0 Å². The van der Waals surface area contributed by atoms with Gasteiger partial charge < -0.3 is 20.9 Å². The Labute approximate surface area is 295 Å². The zero-order valence-electron chi connectivity index (χ0n) is 25.8. The first-order valence-corrected chi connectivity index (χ1v) is 17.2. The lowest BCUT2D eigenvalue weighted by molar-refractivity contribution is -0.129. The molecule has 244 valence electrons. The smallest absolute Gasteiger partial charge is 0.272 e. The predicted molar refractivity (Wildman–Crippen MR) is 191 cm³/mol. The Hall–Kier alpha value is -4.60. The third kappa shape index (κ3) is 8.27. The van der Waals surface area contributed by atoms with Crippen molar-refractivity contribution in [2.75, 3.05) is 17.2 Å². The maximum absolute atomic E-state index is 13.5. The molecule has 4 amide bonds. The molecule has 13 heteroatoms. The number of thiophene rings is 1. The summed E-state index contributed by atoms with van der Waals surface area (Å²) >= 11 is 15.2. The molecule has 1 unspecified atom stereocenters. The summed E-state index contributed by atoms with van der Waals surface area (Å²) in [6, 6.07) is 22.6. The summed E-state index contributed by atoms with van der Waals surface area (Å²) in [5.74, 6) is -1.41. The molecule has 0 bridgehead atoms. The maximum atomic E-state index is 13.5. The molecule has 2 heterocycles. The number of carbonyl (C=O) groups is 4. The van der Waals surface area contributed by atoms with Crippen LogP contribution in [-0.4, -0.2) is 40.3 Å². The van der Waals surface area contributed by atoms with Gasteiger partial charge in [-0.3, -0.25) is 19.2 Å². The molecule has 3 N–H and O–H groups in total. The zero-order chi connectivity index (χ0) is 34.4. The largest absolute Gasteiger partial charge is 0.337 e. The van der Waals surface area contributed by atoms with E-state index in [0.717, 1.165) is 10.4 Å². The average Bonchev–Trinajstić information content (AvgIpc) is 3.42. The molecule has 0 fully saturated rings. The lowest BCUT2D eigenvalue weighted by Gasteiger charge is -2.25. The number of benzene rings is 3. The molecule has 1 atom stereocenters. The Morgan fingerprint density at radius 1 is 1.02 bits per heavy atom. The molecule has 4 aromatic rings. The van der Waals surface area contributed by atoms with E-state index in [1.54, 1.807) is 78.6 Å². The Morgan fingerprint density at radius 3 is 2.50 bits per heavy atom. The van der Waals surface area contributed by atoms with Crippen molar-refractivity contribution in [3.05, 3.63) is 116 Å². The van der Waals surface area contributed by atoms with Gasteiger partial charge in [0.2, 0.25) is 11.8 Å². The summed E-state index contributed by atoms with van der Waals surface area (Å²) in [7, 11) is 0. The van der Waals surface area contributed by atoms with Crippen molar-refractivity contribution >= 4 is 86.7 Å². The average molecular weight is 719 g/mol. The molecule has 1 aliphatic heterocycles. The molecular formula is C35H29Cl2N5O4S2. The number of hydrogen-bond donors (Lipinski definition) is 3. The van der Waals surface area contributed by atoms with Crippen molar-refractivity contribution in [1.29, 1.82) is 5.26 Å². The van der Waals surface area contributed by atoms with Crippen LogP contribution in [0.3, 0.4) is 0 Å².